The normalized spacial score (nSPS) is 15.0. The Kier molecular flexibility index (Phi) is 9.72. The predicted molar refractivity (Wildman–Crippen MR) is 162 cm³/mol. The Bertz CT molecular complexity index is 1500. The first-order chi connectivity index (χ1) is 21.3. The van der Waals surface area contributed by atoms with Gasteiger partial charge in [-0.25, -0.2) is 4.79 Å². The van der Waals surface area contributed by atoms with Gasteiger partial charge in [-0.1, -0.05) is 42.5 Å². The van der Waals surface area contributed by atoms with Gasteiger partial charge in [0.2, 0.25) is 18.6 Å². The number of fused-ring (bicyclic) bond motifs is 1. The van der Waals surface area contributed by atoms with Crippen molar-refractivity contribution >= 4 is 23.6 Å². The number of amides is 2. The number of piperazine rings is 1. The number of nitrogens with one attached hydrogen (secondary N) is 3. The van der Waals surface area contributed by atoms with Gasteiger partial charge in [-0.05, 0) is 41.0 Å². The monoisotopic (exact) mass is 600 g/mol. The van der Waals surface area contributed by atoms with Crippen molar-refractivity contribution < 1.29 is 28.6 Å². The summed E-state index contributed by atoms with van der Waals surface area (Å²) in [4.78, 5) is 42.4. The van der Waals surface area contributed by atoms with Gasteiger partial charge in [-0.2, -0.15) is 0 Å². The number of esters is 1. The van der Waals surface area contributed by atoms with Crippen LogP contribution >= 0.6 is 0 Å². The van der Waals surface area contributed by atoms with Crippen molar-refractivity contribution in [3.63, 3.8) is 0 Å². The number of hydrogen-bond acceptors (Lipinski definition) is 9. The van der Waals surface area contributed by atoms with E-state index >= 15 is 0 Å². The Hall–Kier alpha value is -4.94. The summed E-state index contributed by atoms with van der Waals surface area (Å²) in [5.41, 5.74) is 9.15. The maximum Gasteiger partial charge on any atom is 0.337 e. The molecule has 12 heteroatoms. The minimum Gasteiger partial charge on any atom is -0.465 e. The molecule has 2 aliphatic rings. The molecule has 1 saturated heterocycles. The van der Waals surface area contributed by atoms with Crippen molar-refractivity contribution in [3.05, 3.63) is 94.5 Å². The summed E-state index contributed by atoms with van der Waals surface area (Å²) in [7, 11) is 1.31. The van der Waals surface area contributed by atoms with Crippen LogP contribution in [0.4, 0.5) is 0 Å². The average molecular weight is 601 g/mol. The number of methoxy groups -OCH3 is 1. The molecular weight excluding hydrogens is 564 g/mol. The van der Waals surface area contributed by atoms with Gasteiger partial charge in [0.25, 0.3) is 0 Å². The molecule has 2 aliphatic heterocycles. The standard InChI is InChI=1S/C32H36N6O6/c1-42-32(41)25-9-7-23(8-10-25)29(35-17-21-2-5-24(6-3-21)30(33)34)31(40)36-18-28(39)38-14-12-37(13-15-38)19-22-4-11-26-27(16-22)44-20-43-26/h2-11,16,29,35H,12-15,17-20H2,1H3,(H3,33,34)(H,36,40). The number of rotatable bonds is 11. The molecule has 1 fully saturated rings. The van der Waals surface area contributed by atoms with Gasteiger partial charge in [0.05, 0.1) is 19.2 Å². The van der Waals surface area contributed by atoms with Gasteiger partial charge in [0.15, 0.2) is 11.5 Å². The number of carbonyl (C=O) groups excluding carboxylic acids is 3. The average Bonchev–Trinajstić information content (AvgIpc) is 3.52. The predicted octanol–water partition coefficient (Wildman–Crippen LogP) is 1.78. The minimum atomic E-state index is -0.791. The van der Waals surface area contributed by atoms with E-state index in [0.717, 1.165) is 29.2 Å². The first-order valence-electron chi connectivity index (χ1n) is 14.3. The fourth-order valence-electron chi connectivity index (χ4n) is 5.14. The zero-order valence-electron chi connectivity index (χ0n) is 24.5. The van der Waals surface area contributed by atoms with Crippen LogP contribution in [0.3, 0.4) is 0 Å². The summed E-state index contributed by atoms with van der Waals surface area (Å²) in [6.07, 6.45) is 0. The first kappa shape index (κ1) is 30.5. The zero-order valence-corrected chi connectivity index (χ0v) is 24.5. The van der Waals surface area contributed by atoms with Gasteiger partial charge < -0.3 is 30.2 Å². The summed E-state index contributed by atoms with van der Waals surface area (Å²) in [5, 5.41) is 13.6. The van der Waals surface area contributed by atoms with Gasteiger partial charge in [0.1, 0.15) is 11.9 Å². The third-order valence-corrected chi connectivity index (χ3v) is 7.68. The molecule has 5 N–H and O–H groups in total. The third kappa shape index (κ3) is 7.52. The van der Waals surface area contributed by atoms with Crippen LogP contribution in [0.2, 0.25) is 0 Å². The molecule has 44 heavy (non-hydrogen) atoms. The molecule has 0 aliphatic carbocycles. The highest BCUT2D eigenvalue weighted by atomic mass is 16.7. The lowest BCUT2D eigenvalue weighted by Gasteiger charge is -2.35. The maximum atomic E-state index is 13.4. The summed E-state index contributed by atoms with van der Waals surface area (Å²) >= 11 is 0. The molecule has 2 heterocycles. The molecule has 3 aromatic carbocycles. The highest BCUT2D eigenvalue weighted by Gasteiger charge is 2.25. The van der Waals surface area contributed by atoms with Crippen LogP contribution in [0, 0.1) is 5.41 Å². The van der Waals surface area contributed by atoms with E-state index in [4.69, 9.17) is 25.4 Å². The highest BCUT2D eigenvalue weighted by Crippen LogP contribution is 2.32. The molecule has 0 aromatic heterocycles. The van der Waals surface area contributed by atoms with E-state index in [1.165, 1.54) is 7.11 Å². The van der Waals surface area contributed by atoms with Crippen LogP contribution in [-0.2, 0) is 27.4 Å². The van der Waals surface area contributed by atoms with Gasteiger partial charge >= 0.3 is 5.97 Å². The quantitative estimate of drug-likeness (QED) is 0.146. The highest BCUT2D eigenvalue weighted by molar-refractivity contribution is 5.95. The number of benzene rings is 3. The van der Waals surface area contributed by atoms with Crippen LogP contribution in [0.1, 0.15) is 38.7 Å². The lowest BCUT2D eigenvalue weighted by atomic mass is 10.0. The van der Waals surface area contributed by atoms with Crippen molar-refractivity contribution in [3.8, 4) is 11.5 Å². The van der Waals surface area contributed by atoms with E-state index in [1.807, 2.05) is 30.3 Å². The Balaban J connectivity index is 1.16. The minimum absolute atomic E-state index is 0.0248. The maximum absolute atomic E-state index is 13.4. The lowest BCUT2D eigenvalue weighted by molar-refractivity contribution is -0.134. The van der Waals surface area contributed by atoms with E-state index < -0.39 is 12.0 Å². The second-order valence-electron chi connectivity index (χ2n) is 10.6. The molecule has 12 nitrogen and oxygen atoms in total. The Morgan fingerprint density at radius 2 is 1.57 bits per heavy atom. The van der Waals surface area contributed by atoms with Crippen LogP contribution in [-0.4, -0.2) is 80.0 Å². The van der Waals surface area contributed by atoms with Crippen molar-refractivity contribution in [2.45, 2.75) is 19.1 Å². The number of nitrogens with two attached hydrogens (primary N) is 1. The van der Waals surface area contributed by atoms with E-state index in [0.29, 0.717) is 49.4 Å². The molecule has 2 amide bonds. The third-order valence-electron chi connectivity index (χ3n) is 7.68. The number of hydrogen-bond donors (Lipinski definition) is 4. The van der Waals surface area contributed by atoms with Gasteiger partial charge in [-0.15, -0.1) is 0 Å². The second-order valence-corrected chi connectivity index (χ2v) is 10.6. The van der Waals surface area contributed by atoms with Crippen molar-refractivity contribution in [1.29, 1.82) is 5.41 Å². The Morgan fingerprint density at radius 3 is 2.25 bits per heavy atom. The summed E-state index contributed by atoms with van der Waals surface area (Å²) in [5.74, 6) is 0.489. The van der Waals surface area contributed by atoms with E-state index in [9.17, 15) is 14.4 Å². The molecular formula is C32H36N6O6. The molecule has 0 bridgehead atoms. The van der Waals surface area contributed by atoms with Crippen LogP contribution in [0.25, 0.3) is 0 Å². The SMILES string of the molecule is COC(=O)c1ccc(C(NCc2ccc(C(=N)N)cc2)C(=O)NCC(=O)N2CCN(Cc3ccc4c(c3)OCO4)CC2)cc1. The molecule has 3 aromatic rings. The van der Waals surface area contributed by atoms with E-state index in [1.54, 1.807) is 41.3 Å². The zero-order chi connectivity index (χ0) is 31.1. The van der Waals surface area contributed by atoms with Crippen molar-refractivity contribution in [2.24, 2.45) is 5.73 Å². The van der Waals surface area contributed by atoms with Gasteiger partial charge in [0, 0.05) is 44.8 Å². The van der Waals surface area contributed by atoms with E-state index in [2.05, 4.69) is 15.5 Å². The molecule has 0 spiro atoms. The molecule has 1 atom stereocenters. The molecule has 1 unspecified atom stereocenters. The number of amidine groups is 1. The fraction of sp³-hybridized carbons (Fsp3) is 0.312. The topological polar surface area (TPSA) is 159 Å². The largest absolute Gasteiger partial charge is 0.465 e. The van der Waals surface area contributed by atoms with Crippen LogP contribution in [0.15, 0.2) is 66.7 Å². The fourth-order valence-corrected chi connectivity index (χ4v) is 5.14. The van der Waals surface area contributed by atoms with Gasteiger partial charge in [-0.3, -0.25) is 25.2 Å². The Labute approximate surface area is 255 Å². The number of ether oxygens (including phenoxy) is 3. The lowest BCUT2D eigenvalue weighted by Crippen LogP contribution is -2.51. The van der Waals surface area contributed by atoms with Crippen LogP contribution < -0.4 is 25.8 Å². The molecule has 230 valence electrons. The second kappa shape index (κ2) is 14.0. The van der Waals surface area contributed by atoms with Crippen molar-refractivity contribution in [1.82, 2.24) is 20.4 Å². The summed E-state index contributed by atoms with van der Waals surface area (Å²) < 4.78 is 15.6. The van der Waals surface area contributed by atoms with Crippen LogP contribution in [0.5, 0.6) is 11.5 Å². The molecule has 0 radical (unpaired) electrons. The molecule has 5 rings (SSSR count). The number of nitrogens with zero attached hydrogens (tertiary/aromatic N) is 2. The molecule has 0 saturated carbocycles. The summed E-state index contributed by atoms with van der Waals surface area (Å²) in [6.45, 7) is 3.75. The smallest absolute Gasteiger partial charge is 0.337 e. The number of nitrogen functional groups attached to an aromatic ring is 1. The number of carbonyl (C=O) groups is 3. The first-order valence-corrected chi connectivity index (χ1v) is 14.3. The summed E-state index contributed by atoms with van der Waals surface area (Å²) in [6, 6.07) is 18.8. The van der Waals surface area contributed by atoms with E-state index in [-0.39, 0.29) is 31.0 Å². The van der Waals surface area contributed by atoms with Crippen molar-refractivity contribution in [2.75, 3.05) is 46.6 Å². The Morgan fingerprint density at radius 1 is 0.909 bits per heavy atom.